The van der Waals surface area contributed by atoms with Gasteiger partial charge in [0.25, 0.3) is 0 Å². The molecule has 0 unspecified atom stereocenters. The summed E-state index contributed by atoms with van der Waals surface area (Å²) in [5.41, 5.74) is 0.0632. The fraction of sp³-hybridized carbons (Fsp3) is 0.500. The molecular weight excluding hydrogens is 318 g/mol. The van der Waals surface area contributed by atoms with Crippen LogP contribution < -0.4 is 4.74 Å². The van der Waals surface area contributed by atoms with Gasteiger partial charge in [0, 0.05) is 11.3 Å². The average Bonchev–Trinajstić information content (AvgIpc) is 2.90. The van der Waals surface area contributed by atoms with Crippen molar-refractivity contribution in [2.45, 2.75) is 37.8 Å². The van der Waals surface area contributed by atoms with Gasteiger partial charge < -0.3 is 14.6 Å². The number of hydrogen-bond acceptors (Lipinski definition) is 5. The van der Waals surface area contributed by atoms with Crippen LogP contribution in [-0.4, -0.2) is 46.6 Å². The monoisotopic (exact) mass is 339 g/mol. The predicted molar refractivity (Wildman–Crippen MR) is 87.7 cm³/mol. The van der Waals surface area contributed by atoms with E-state index in [1.807, 2.05) is 18.2 Å². The van der Waals surface area contributed by atoms with E-state index in [4.69, 9.17) is 9.47 Å². The first-order valence-corrected chi connectivity index (χ1v) is 8.28. The Morgan fingerprint density at radius 2 is 1.96 bits per heavy atom. The molecule has 2 rings (SSSR count). The van der Waals surface area contributed by atoms with Gasteiger partial charge in [0.1, 0.15) is 22.8 Å². The van der Waals surface area contributed by atoms with Crippen LogP contribution in [0.1, 0.15) is 31.7 Å². The Bertz CT molecular complexity index is 598. The Labute approximate surface area is 139 Å². The van der Waals surface area contributed by atoms with Crippen molar-refractivity contribution in [2.24, 2.45) is 0 Å². The summed E-state index contributed by atoms with van der Waals surface area (Å²) in [5.74, 6) is -0.123. The van der Waals surface area contributed by atoms with Gasteiger partial charge in [-0.05, 0) is 26.8 Å². The largest absolute Gasteiger partial charge is 0.496 e. The molecule has 6 nitrogen and oxygen atoms in total. The maximum absolute atomic E-state index is 12.5. The molecule has 1 aromatic carbocycles. The normalized spacial score (nSPS) is 21.1. The number of hydrogen-bond donors (Lipinski definition) is 1. The molecule has 1 N–H and O–H groups in total. The van der Waals surface area contributed by atoms with Crippen molar-refractivity contribution in [1.29, 1.82) is 0 Å². The van der Waals surface area contributed by atoms with Crippen molar-refractivity contribution in [1.82, 2.24) is 4.90 Å². The number of benzene rings is 1. The molecule has 7 heteroatoms. The summed E-state index contributed by atoms with van der Waals surface area (Å²) in [6, 6.07) is 6.36. The first kappa shape index (κ1) is 17.5. The third-order valence-electron chi connectivity index (χ3n) is 3.29. The number of thioether (sulfide) groups is 1. The Hall–Kier alpha value is -1.89. The zero-order valence-electron chi connectivity index (χ0n) is 13.6. The molecule has 0 radical (unpaired) electrons. The summed E-state index contributed by atoms with van der Waals surface area (Å²) >= 11 is 1.39. The molecule has 0 aromatic heterocycles. The summed E-state index contributed by atoms with van der Waals surface area (Å²) < 4.78 is 10.7. The van der Waals surface area contributed by atoms with E-state index in [1.54, 1.807) is 33.9 Å². The second kappa shape index (κ2) is 6.70. The number of para-hydroxylation sites is 1. The van der Waals surface area contributed by atoms with E-state index in [0.29, 0.717) is 11.5 Å². The number of methoxy groups -OCH3 is 1. The third kappa shape index (κ3) is 3.90. The number of ether oxygens (including phenoxy) is 2. The maximum Gasteiger partial charge on any atom is 0.412 e. The van der Waals surface area contributed by atoms with E-state index >= 15 is 0 Å². The minimum absolute atomic E-state index is 0.303. The van der Waals surface area contributed by atoms with Gasteiger partial charge in [-0.1, -0.05) is 18.2 Å². The molecule has 0 bridgehead atoms. The number of carboxylic acid groups (broad SMARTS) is 1. The minimum Gasteiger partial charge on any atom is -0.496 e. The van der Waals surface area contributed by atoms with Crippen LogP contribution in [0.5, 0.6) is 5.75 Å². The highest BCUT2D eigenvalue weighted by Crippen LogP contribution is 2.45. The molecule has 0 aliphatic carbocycles. The Balaban J connectivity index is 2.38. The molecule has 1 amide bonds. The summed E-state index contributed by atoms with van der Waals surface area (Å²) in [7, 11) is 1.55. The van der Waals surface area contributed by atoms with E-state index in [2.05, 4.69) is 0 Å². The van der Waals surface area contributed by atoms with E-state index in [-0.39, 0.29) is 0 Å². The van der Waals surface area contributed by atoms with E-state index < -0.39 is 29.1 Å². The van der Waals surface area contributed by atoms with E-state index in [0.717, 1.165) is 5.56 Å². The number of aliphatic carboxylic acids is 1. The third-order valence-corrected chi connectivity index (χ3v) is 4.60. The number of carboxylic acids is 1. The van der Waals surface area contributed by atoms with E-state index in [1.165, 1.54) is 16.7 Å². The highest BCUT2D eigenvalue weighted by atomic mass is 32.2. The van der Waals surface area contributed by atoms with Crippen molar-refractivity contribution in [2.75, 3.05) is 12.9 Å². The number of carbonyl (C=O) groups is 2. The molecule has 2 atom stereocenters. The molecule has 1 fully saturated rings. The lowest BCUT2D eigenvalue weighted by atomic mass is 10.1. The zero-order chi connectivity index (χ0) is 17.2. The van der Waals surface area contributed by atoms with Crippen LogP contribution in [0.25, 0.3) is 0 Å². The van der Waals surface area contributed by atoms with Gasteiger partial charge in [-0.15, -0.1) is 11.8 Å². The summed E-state index contributed by atoms with van der Waals surface area (Å²) in [4.78, 5) is 25.4. The first-order chi connectivity index (χ1) is 10.7. The summed E-state index contributed by atoms with van der Waals surface area (Å²) in [5, 5.41) is 8.97. The van der Waals surface area contributed by atoms with Gasteiger partial charge in [0.05, 0.1) is 7.11 Å². The summed E-state index contributed by atoms with van der Waals surface area (Å²) in [6.45, 7) is 5.26. The van der Waals surface area contributed by atoms with Crippen molar-refractivity contribution in [3.63, 3.8) is 0 Å². The van der Waals surface area contributed by atoms with Crippen LogP contribution in [-0.2, 0) is 9.53 Å². The molecule has 23 heavy (non-hydrogen) atoms. The quantitative estimate of drug-likeness (QED) is 0.912. The highest BCUT2D eigenvalue weighted by molar-refractivity contribution is 7.99. The lowest BCUT2D eigenvalue weighted by Gasteiger charge is -2.31. The van der Waals surface area contributed by atoms with Crippen LogP contribution in [0, 0.1) is 0 Å². The predicted octanol–water partition coefficient (Wildman–Crippen LogP) is 3.13. The Morgan fingerprint density at radius 1 is 1.30 bits per heavy atom. The summed E-state index contributed by atoms with van der Waals surface area (Å²) in [6.07, 6.45) is -0.634. The minimum atomic E-state index is -1.04. The van der Waals surface area contributed by atoms with Crippen LogP contribution in [0.4, 0.5) is 4.79 Å². The molecule has 1 aliphatic rings. The van der Waals surface area contributed by atoms with Gasteiger partial charge in [-0.25, -0.2) is 9.59 Å². The van der Waals surface area contributed by atoms with Crippen molar-refractivity contribution in [3.8, 4) is 5.75 Å². The molecule has 1 aromatic rings. The standard InChI is InChI=1S/C16H21NO5S/c1-16(2,3)22-15(20)17-11(14(18)19)9-23-13(17)10-7-5-6-8-12(10)21-4/h5-8,11,13H,9H2,1-4H3,(H,18,19)/t11-,13+/m1/s1. The molecule has 0 saturated carbocycles. The van der Waals surface area contributed by atoms with Crippen LogP contribution in [0.2, 0.25) is 0 Å². The molecule has 1 aliphatic heterocycles. The second-order valence-corrected chi connectivity index (χ2v) is 7.28. The topological polar surface area (TPSA) is 76.1 Å². The first-order valence-electron chi connectivity index (χ1n) is 7.23. The maximum atomic E-state index is 12.5. The number of nitrogens with zero attached hydrogens (tertiary/aromatic N) is 1. The zero-order valence-corrected chi connectivity index (χ0v) is 14.4. The number of carbonyl (C=O) groups excluding carboxylic acids is 1. The highest BCUT2D eigenvalue weighted by Gasteiger charge is 2.45. The van der Waals surface area contributed by atoms with Gasteiger partial charge >= 0.3 is 12.1 Å². The van der Waals surface area contributed by atoms with Crippen LogP contribution in [0.3, 0.4) is 0 Å². The van der Waals surface area contributed by atoms with Gasteiger partial charge in [0.15, 0.2) is 0 Å². The van der Waals surface area contributed by atoms with Gasteiger partial charge in [-0.2, -0.15) is 0 Å². The second-order valence-electron chi connectivity index (χ2n) is 6.17. The molecule has 1 heterocycles. The fourth-order valence-electron chi connectivity index (χ4n) is 2.34. The van der Waals surface area contributed by atoms with Crippen molar-refractivity contribution >= 4 is 23.8 Å². The number of rotatable bonds is 3. The molecule has 1 saturated heterocycles. The average molecular weight is 339 g/mol. The van der Waals surface area contributed by atoms with Crippen LogP contribution >= 0.6 is 11.8 Å². The smallest absolute Gasteiger partial charge is 0.412 e. The van der Waals surface area contributed by atoms with Crippen molar-refractivity contribution in [3.05, 3.63) is 29.8 Å². The Morgan fingerprint density at radius 3 is 2.52 bits per heavy atom. The van der Waals surface area contributed by atoms with Crippen molar-refractivity contribution < 1.29 is 24.2 Å². The molecule has 0 spiro atoms. The SMILES string of the molecule is COc1ccccc1[C@@H]1SC[C@H](C(=O)O)N1C(=O)OC(C)(C)C. The number of amides is 1. The van der Waals surface area contributed by atoms with Gasteiger partial charge in [0.2, 0.25) is 0 Å². The molecule has 126 valence electrons. The van der Waals surface area contributed by atoms with E-state index in [9.17, 15) is 14.7 Å². The lowest BCUT2D eigenvalue weighted by Crippen LogP contribution is -2.45. The molecular formula is C16H21NO5S. The lowest BCUT2D eigenvalue weighted by molar-refractivity contribution is -0.142. The Kier molecular flexibility index (Phi) is 5.09. The van der Waals surface area contributed by atoms with Crippen LogP contribution in [0.15, 0.2) is 24.3 Å². The van der Waals surface area contributed by atoms with Gasteiger partial charge in [-0.3, -0.25) is 4.90 Å². The fourth-order valence-corrected chi connectivity index (χ4v) is 3.78.